The maximum absolute atomic E-state index is 12.7. The van der Waals surface area contributed by atoms with Crippen molar-refractivity contribution in [3.8, 4) is 0 Å². The van der Waals surface area contributed by atoms with Crippen molar-refractivity contribution < 1.29 is 23.1 Å². The Kier molecular flexibility index (Phi) is 4.17. The van der Waals surface area contributed by atoms with Crippen LogP contribution in [-0.4, -0.2) is 16.1 Å². The van der Waals surface area contributed by atoms with Crippen LogP contribution in [0.15, 0.2) is 41.1 Å². The quantitative estimate of drug-likeness (QED) is 0.856. The number of benzene rings is 1. The number of alkyl halides is 3. The third-order valence-corrected chi connectivity index (χ3v) is 3.31. The second-order valence-electron chi connectivity index (χ2n) is 4.04. The summed E-state index contributed by atoms with van der Waals surface area (Å²) >= 11 is 3.12. The summed E-state index contributed by atoms with van der Waals surface area (Å²) in [6.45, 7) is 0. The molecular weight excluding hydrogens is 353 g/mol. The summed E-state index contributed by atoms with van der Waals surface area (Å²) in [4.78, 5) is 14.7. The average Bonchev–Trinajstić information content (AvgIpc) is 2.40. The zero-order valence-electron chi connectivity index (χ0n) is 10.3. The number of carbonyl (C=O) groups is 1. The topological polar surface area (TPSA) is 62.2 Å². The number of pyridine rings is 1. The van der Waals surface area contributed by atoms with E-state index in [4.69, 9.17) is 5.11 Å². The lowest BCUT2D eigenvalue weighted by atomic mass is 10.1. The number of nitrogens with one attached hydrogen (secondary N) is 1. The van der Waals surface area contributed by atoms with Crippen molar-refractivity contribution in [2.45, 2.75) is 6.18 Å². The number of anilines is 2. The molecule has 1 aromatic carbocycles. The predicted molar refractivity (Wildman–Crippen MR) is 73.6 cm³/mol. The van der Waals surface area contributed by atoms with Crippen molar-refractivity contribution >= 4 is 33.3 Å². The molecule has 110 valence electrons. The van der Waals surface area contributed by atoms with Gasteiger partial charge in [0.1, 0.15) is 5.56 Å². The maximum Gasteiger partial charge on any atom is 0.416 e. The number of rotatable bonds is 3. The average molecular weight is 361 g/mol. The van der Waals surface area contributed by atoms with Gasteiger partial charge in [0.15, 0.2) is 0 Å². The van der Waals surface area contributed by atoms with E-state index in [-0.39, 0.29) is 16.9 Å². The minimum Gasteiger partial charge on any atom is -0.478 e. The van der Waals surface area contributed by atoms with E-state index in [1.54, 1.807) is 0 Å². The summed E-state index contributed by atoms with van der Waals surface area (Å²) in [6, 6.07) is 4.44. The first-order chi connectivity index (χ1) is 9.79. The largest absolute Gasteiger partial charge is 0.478 e. The highest BCUT2D eigenvalue weighted by Gasteiger charge is 2.31. The summed E-state index contributed by atoms with van der Waals surface area (Å²) in [5, 5.41) is 11.7. The Morgan fingerprint density at radius 1 is 1.24 bits per heavy atom. The molecule has 21 heavy (non-hydrogen) atoms. The third-order valence-electron chi connectivity index (χ3n) is 2.61. The van der Waals surface area contributed by atoms with Crippen LogP contribution in [0.25, 0.3) is 0 Å². The normalized spacial score (nSPS) is 11.2. The van der Waals surface area contributed by atoms with Gasteiger partial charge in [-0.3, -0.25) is 4.98 Å². The van der Waals surface area contributed by atoms with Crippen LogP contribution < -0.4 is 5.32 Å². The molecule has 2 aromatic rings. The second kappa shape index (κ2) is 5.72. The predicted octanol–water partition coefficient (Wildman–Crippen LogP) is 4.30. The molecule has 0 saturated carbocycles. The zero-order valence-corrected chi connectivity index (χ0v) is 11.9. The Balaban J connectivity index is 2.43. The molecule has 4 nitrogen and oxygen atoms in total. The minimum absolute atomic E-state index is 0.110. The van der Waals surface area contributed by atoms with Gasteiger partial charge in [-0.15, -0.1) is 0 Å². The van der Waals surface area contributed by atoms with Crippen LogP contribution in [0.5, 0.6) is 0 Å². The minimum atomic E-state index is -4.48. The van der Waals surface area contributed by atoms with Gasteiger partial charge in [-0.05, 0) is 40.2 Å². The fourth-order valence-corrected chi connectivity index (χ4v) is 1.96. The van der Waals surface area contributed by atoms with Crippen LogP contribution in [0.4, 0.5) is 24.5 Å². The first kappa shape index (κ1) is 15.3. The Hall–Kier alpha value is -2.09. The van der Waals surface area contributed by atoms with Crippen molar-refractivity contribution in [2.75, 3.05) is 5.32 Å². The molecule has 2 rings (SSSR count). The van der Waals surface area contributed by atoms with Crippen molar-refractivity contribution in [2.24, 2.45) is 0 Å². The smallest absolute Gasteiger partial charge is 0.416 e. The van der Waals surface area contributed by atoms with Gasteiger partial charge in [0.25, 0.3) is 0 Å². The summed E-state index contributed by atoms with van der Waals surface area (Å²) < 4.78 is 38.5. The van der Waals surface area contributed by atoms with Crippen LogP contribution in [0.1, 0.15) is 15.9 Å². The Labute approximate surface area is 125 Å². The van der Waals surface area contributed by atoms with Gasteiger partial charge in [0, 0.05) is 16.9 Å². The molecule has 2 N–H and O–H groups in total. The molecule has 0 unspecified atom stereocenters. The fourth-order valence-electron chi connectivity index (χ4n) is 1.62. The standard InChI is InChI=1S/C13H8BrF3N2O2/c14-9-2-1-7(13(15,16)17)5-11(9)19-10-3-4-18-6-8(10)12(20)21/h1-6H,(H,18,19)(H,20,21). The molecule has 0 aliphatic carbocycles. The highest BCUT2D eigenvalue weighted by molar-refractivity contribution is 9.10. The Morgan fingerprint density at radius 3 is 2.57 bits per heavy atom. The summed E-state index contributed by atoms with van der Waals surface area (Å²) in [7, 11) is 0. The van der Waals surface area contributed by atoms with Crippen LogP contribution in [-0.2, 0) is 6.18 Å². The van der Waals surface area contributed by atoms with Gasteiger partial charge in [-0.25, -0.2) is 4.79 Å². The third kappa shape index (κ3) is 3.52. The van der Waals surface area contributed by atoms with Crippen LogP contribution in [0, 0.1) is 0 Å². The molecule has 1 heterocycles. The Morgan fingerprint density at radius 2 is 1.95 bits per heavy atom. The molecule has 0 aliphatic rings. The number of aromatic nitrogens is 1. The molecule has 0 radical (unpaired) electrons. The molecule has 0 fully saturated rings. The molecule has 0 aliphatic heterocycles. The lowest BCUT2D eigenvalue weighted by Crippen LogP contribution is -2.07. The number of hydrogen-bond donors (Lipinski definition) is 2. The highest BCUT2D eigenvalue weighted by atomic mass is 79.9. The molecule has 0 spiro atoms. The van der Waals surface area contributed by atoms with Crippen molar-refractivity contribution in [1.82, 2.24) is 4.98 Å². The van der Waals surface area contributed by atoms with Gasteiger partial charge >= 0.3 is 12.1 Å². The lowest BCUT2D eigenvalue weighted by Gasteiger charge is -2.13. The number of aromatic carboxylic acids is 1. The van der Waals surface area contributed by atoms with E-state index < -0.39 is 17.7 Å². The molecule has 1 aromatic heterocycles. The van der Waals surface area contributed by atoms with Gasteiger partial charge in [0.05, 0.1) is 16.9 Å². The Bertz CT molecular complexity index is 689. The number of carboxylic acid groups (broad SMARTS) is 1. The SMILES string of the molecule is O=C(O)c1cnccc1Nc1cc(C(F)(F)F)ccc1Br. The van der Waals surface area contributed by atoms with E-state index in [1.165, 1.54) is 18.3 Å². The van der Waals surface area contributed by atoms with E-state index in [0.29, 0.717) is 4.47 Å². The summed E-state index contributed by atoms with van der Waals surface area (Å²) in [5.41, 5.74) is -0.711. The van der Waals surface area contributed by atoms with Crippen LogP contribution in [0.3, 0.4) is 0 Å². The highest BCUT2D eigenvalue weighted by Crippen LogP contribution is 2.35. The fraction of sp³-hybridized carbons (Fsp3) is 0.0769. The van der Waals surface area contributed by atoms with E-state index in [1.807, 2.05) is 0 Å². The van der Waals surface area contributed by atoms with Gasteiger partial charge in [-0.2, -0.15) is 13.2 Å². The molecular formula is C13H8BrF3N2O2. The zero-order chi connectivity index (χ0) is 15.6. The van der Waals surface area contributed by atoms with Crippen LogP contribution in [0.2, 0.25) is 0 Å². The van der Waals surface area contributed by atoms with Gasteiger partial charge < -0.3 is 10.4 Å². The van der Waals surface area contributed by atoms with E-state index in [9.17, 15) is 18.0 Å². The van der Waals surface area contributed by atoms with Gasteiger partial charge in [-0.1, -0.05) is 0 Å². The molecule has 8 heteroatoms. The number of nitrogens with zero attached hydrogens (tertiary/aromatic N) is 1. The lowest BCUT2D eigenvalue weighted by molar-refractivity contribution is -0.137. The molecule has 0 bridgehead atoms. The molecule has 0 saturated heterocycles. The number of halogens is 4. The second-order valence-corrected chi connectivity index (χ2v) is 4.90. The first-order valence-corrected chi connectivity index (χ1v) is 6.39. The van der Waals surface area contributed by atoms with E-state index in [0.717, 1.165) is 18.3 Å². The summed E-state index contributed by atoms with van der Waals surface area (Å²) in [6.07, 6.45) is -2.02. The van der Waals surface area contributed by atoms with Crippen molar-refractivity contribution in [3.05, 3.63) is 52.3 Å². The van der Waals surface area contributed by atoms with E-state index >= 15 is 0 Å². The number of hydrogen-bond acceptors (Lipinski definition) is 3. The van der Waals surface area contributed by atoms with E-state index in [2.05, 4.69) is 26.2 Å². The number of carboxylic acids is 1. The first-order valence-electron chi connectivity index (χ1n) is 5.60. The monoisotopic (exact) mass is 360 g/mol. The van der Waals surface area contributed by atoms with Crippen molar-refractivity contribution in [3.63, 3.8) is 0 Å². The maximum atomic E-state index is 12.7. The van der Waals surface area contributed by atoms with Gasteiger partial charge in [0.2, 0.25) is 0 Å². The van der Waals surface area contributed by atoms with Crippen LogP contribution >= 0.6 is 15.9 Å². The molecule has 0 amide bonds. The summed E-state index contributed by atoms with van der Waals surface area (Å²) in [5.74, 6) is -1.23. The molecule has 0 atom stereocenters. The van der Waals surface area contributed by atoms with Crippen molar-refractivity contribution in [1.29, 1.82) is 0 Å².